The average Bonchev–Trinajstić information content (AvgIpc) is 2.03. The highest BCUT2D eigenvalue weighted by molar-refractivity contribution is 5.32. The van der Waals surface area contributed by atoms with Crippen molar-refractivity contribution in [3.8, 4) is 5.75 Å². The molecule has 1 aromatic rings. The number of nitrogens with one attached hydrogen (secondary N) is 1. The number of hydrogen-bond acceptors (Lipinski definition) is 2. The van der Waals surface area contributed by atoms with E-state index in [2.05, 4.69) is 9.72 Å². The Balaban J connectivity index is 3.32. The van der Waals surface area contributed by atoms with Gasteiger partial charge in [-0.15, -0.1) is 0 Å². The molecule has 1 N–H and O–H groups in total. The molecule has 0 radical (unpaired) electrons. The second-order valence-corrected chi connectivity index (χ2v) is 2.28. The van der Waals surface area contributed by atoms with Crippen LogP contribution in [-0.4, -0.2) is 12.1 Å². The van der Waals surface area contributed by atoms with Crippen LogP contribution in [0.5, 0.6) is 5.75 Å². The first-order valence-electron chi connectivity index (χ1n) is 3.29. The number of hydrogen-bond donors (Lipinski definition) is 1. The van der Waals surface area contributed by atoms with Gasteiger partial charge in [-0.3, -0.25) is 4.79 Å². The molecule has 72 valence electrons. The van der Waals surface area contributed by atoms with Crippen molar-refractivity contribution in [2.75, 3.05) is 7.11 Å². The Bertz CT molecular complexity index is 355. The molecule has 0 aliphatic heterocycles. The second-order valence-electron chi connectivity index (χ2n) is 2.28. The maximum Gasteiger partial charge on any atom is 0.420 e. The smallest absolute Gasteiger partial charge is 0.420 e. The van der Waals surface area contributed by atoms with Crippen LogP contribution in [0, 0.1) is 0 Å². The molecule has 6 heteroatoms. The summed E-state index contributed by atoms with van der Waals surface area (Å²) in [5, 5.41) is 0. The van der Waals surface area contributed by atoms with Gasteiger partial charge in [0.25, 0.3) is 0 Å². The summed E-state index contributed by atoms with van der Waals surface area (Å²) < 4.78 is 41.0. The van der Waals surface area contributed by atoms with Gasteiger partial charge < -0.3 is 9.72 Å². The summed E-state index contributed by atoms with van der Waals surface area (Å²) in [7, 11) is 1.10. The summed E-state index contributed by atoms with van der Waals surface area (Å²) in [6.45, 7) is 0. The van der Waals surface area contributed by atoms with Gasteiger partial charge >= 0.3 is 6.18 Å². The lowest BCUT2D eigenvalue weighted by Gasteiger charge is -2.09. The Hall–Kier alpha value is -1.46. The molecule has 1 heterocycles. The molecule has 0 amide bonds. The van der Waals surface area contributed by atoms with Gasteiger partial charge in [-0.25, -0.2) is 0 Å². The summed E-state index contributed by atoms with van der Waals surface area (Å²) in [4.78, 5) is 12.7. The van der Waals surface area contributed by atoms with Crippen LogP contribution >= 0.6 is 0 Å². The van der Waals surface area contributed by atoms with Gasteiger partial charge in [0.15, 0.2) is 0 Å². The largest absolute Gasteiger partial charge is 0.495 e. The van der Waals surface area contributed by atoms with Crippen LogP contribution in [0.2, 0.25) is 0 Å². The lowest BCUT2D eigenvalue weighted by molar-refractivity contribution is -0.138. The summed E-state index contributed by atoms with van der Waals surface area (Å²) in [6, 6.07) is 0.457. The minimum atomic E-state index is -4.57. The van der Waals surface area contributed by atoms with Gasteiger partial charge in [0.2, 0.25) is 5.56 Å². The van der Waals surface area contributed by atoms with Gasteiger partial charge in [0.1, 0.15) is 11.3 Å². The van der Waals surface area contributed by atoms with Crippen LogP contribution in [0.4, 0.5) is 13.2 Å². The molecule has 0 bridgehead atoms. The second kappa shape index (κ2) is 3.12. The van der Waals surface area contributed by atoms with Crippen molar-refractivity contribution in [2.24, 2.45) is 0 Å². The number of methoxy groups -OCH3 is 1. The third-order valence-electron chi connectivity index (χ3n) is 1.41. The molecule has 13 heavy (non-hydrogen) atoms. The van der Waals surface area contributed by atoms with E-state index in [0.29, 0.717) is 6.07 Å². The van der Waals surface area contributed by atoms with E-state index in [1.165, 1.54) is 0 Å². The van der Waals surface area contributed by atoms with Gasteiger partial charge in [-0.2, -0.15) is 13.2 Å². The van der Waals surface area contributed by atoms with Crippen molar-refractivity contribution < 1.29 is 17.9 Å². The van der Waals surface area contributed by atoms with E-state index in [9.17, 15) is 18.0 Å². The topological polar surface area (TPSA) is 42.1 Å². The highest BCUT2D eigenvalue weighted by Gasteiger charge is 2.34. The van der Waals surface area contributed by atoms with Crippen LogP contribution in [-0.2, 0) is 6.18 Å². The van der Waals surface area contributed by atoms with E-state index in [1.807, 2.05) is 0 Å². The Kier molecular flexibility index (Phi) is 2.31. The van der Waals surface area contributed by atoms with Gasteiger partial charge in [0, 0.05) is 12.3 Å². The fraction of sp³-hybridized carbons (Fsp3) is 0.286. The highest BCUT2D eigenvalue weighted by atomic mass is 19.4. The van der Waals surface area contributed by atoms with Gasteiger partial charge in [-0.05, 0) is 0 Å². The molecule has 0 atom stereocenters. The number of aromatic nitrogens is 1. The first-order chi connectivity index (χ1) is 5.95. The maximum atomic E-state index is 12.2. The van der Waals surface area contributed by atoms with Crippen molar-refractivity contribution in [1.82, 2.24) is 4.98 Å². The van der Waals surface area contributed by atoms with E-state index >= 15 is 0 Å². The third-order valence-corrected chi connectivity index (χ3v) is 1.41. The van der Waals surface area contributed by atoms with Crippen molar-refractivity contribution >= 4 is 0 Å². The standard InChI is InChI=1S/C7H6F3NO2/c1-13-5-3-11-6(12)2-4(5)7(8,9)10/h2-3H,1H3,(H,11,12). The molecule has 0 fully saturated rings. The molecule has 3 nitrogen and oxygen atoms in total. The van der Waals surface area contributed by atoms with E-state index in [4.69, 9.17) is 0 Å². The average molecular weight is 193 g/mol. The Labute approximate surface area is 71.2 Å². The first kappa shape index (κ1) is 9.63. The zero-order valence-corrected chi connectivity index (χ0v) is 6.61. The molecule has 1 rings (SSSR count). The zero-order chi connectivity index (χ0) is 10.1. The van der Waals surface area contributed by atoms with E-state index in [-0.39, 0.29) is 0 Å². The SMILES string of the molecule is COc1c[nH]c(=O)cc1C(F)(F)F. The van der Waals surface area contributed by atoms with Crippen molar-refractivity contribution in [1.29, 1.82) is 0 Å². The molecule has 0 saturated carbocycles. The number of halogens is 3. The fourth-order valence-corrected chi connectivity index (χ4v) is 0.849. The number of ether oxygens (including phenoxy) is 1. The van der Waals surface area contributed by atoms with Crippen LogP contribution in [0.3, 0.4) is 0 Å². The number of H-pyrrole nitrogens is 1. The zero-order valence-electron chi connectivity index (χ0n) is 6.61. The van der Waals surface area contributed by atoms with Crippen LogP contribution in [0.25, 0.3) is 0 Å². The van der Waals surface area contributed by atoms with Gasteiger partial charge in [0.05, 0.1) is 7.11 Å². The predicted molar refractivity (Wildman–Crippen MR) is 38.6 cm³/mol. The number of alkyl halides is 3. The summed E-state index contributed by atoms with van der Waals surface area (Å²) in [5.74, 6) is -0.396. The van der Waals surface area contributed by atoms with Crippen molar-refractivity contribution in [3.63, 3.8) is 0 Å². The fourth-order valence-electron chi connectivity index (χ4n) is 0.849. The lowest BCUT2D eigenvalue weighted by Crippen LogP contribution is -2.14. The normalized spacial score (nSPS) is 11.4. The Morgan fingerprint density at radius 3 is 2.54 bits per heavy atom. The van der Waals surface area contributed by atoms with E-state index in [1.54, 1.807) is 0 Å². The Morgan fingerprint density at radius 2 is 2.08 bits per heavy atom. The summed E-state index contributed by atoms with van der Waals surface area (Å²) >= 11 is 0. The molecule has 0 spiro atoms. The quantitative estimate of drug-likeness (QED) is 0.732. The van der Waals surface area contributed by atoms with Crippen molar-refractivity contribution in [3.05, 3.63) is 28.2 Å². The third kappa shape index (κ3) is 2.01. The number of aromatic amines is 1. The monoisotopic (exact) mass is 193 g/mol. The molecule has 0 unspecified atom stereocenters. The molecule has 0 aliphatic carbocycles. The van der Waals surface area contributed by atoms with Crippen LogP contribution in [0.1, 0.15) is 5.56 Å². The van der Waals surface area contributed by atoms with Crippen LogP contribution < -0.4 is 10.3 Å². The maximum absolute atomic E-state index is 12.2. The summed E-state index contributed by atoms with van der Waals surface area (Å²) in [6.07, 6.45) is -3.69. The molecule has 0 aliphatic rings. The highest BCUT2D eigenvalue weighted by Crippen LogP contribution is 2.34. The minimum absolute atomic E-state index is 0.396. The number of rotatable bonds is 1. The molecular weight excluding hydrogens is 187 g/mol. The number of pyridine rings is 1. The minimum Gasteiger partial charge on any atom is -0.495 e. The van der Waals surface area contributed by atoms with Crippen LogP contribution in [0.15, 0.2) is 17.1 Å². The van der Waals surface area contributed by atoms with Gasteiger partial charge in [-0.1, -0.05) is 0 Å². The lowest BCUT2D eigenvalue weighted by atomic mass is 10.2. The predicted octanol–water partition coefficient (Wildman–Crippen LogP) is 1.40. The first-order valence-corrected chi connectivity index (χ1v) is 3.29. The molecule has 0 saturated heterocycles. The van der Waals surface area contributed by atoms with E-state index in [0.717, 1.165) is 13.3 Å². The van der Waals surface area contributed by atoms with Crippen molar-refractivity contribution in [2.45, 2.75) is 6.18 Å². The molecular formula is C7H6F3NO2. The van der Waals surface area contributed by atoms with E-state index < -0.39 is 23.0 Å². The molecule has 1 aromatic heterocycles. The summed E-state index contributed by atoms with van der Waals surface area (Å²) in [5.41, 5.74) is -1.88. The molecule has 0 aromatic carbocycles. The Morgan fingerprint density at radius 1 is 1.46 bits per heavy atom.